The van der Waals surface area contributed by atoms with Gasteiger partial charge in [0.25, 0.3) is 0 Å². The SMILES string of the molecule is FC(F)(F)C(=NC1CCCC1)c1ccccc1. The first-order chi connectivity index (χ1) is 8.07. The van der Waals surface area contributed by atoms with E-state index in [1.165, 1.54) is 12.1 Å². The fraction of sp³-hybridized carbons (Fsp3) is 0.462. The van der Waals surface area contributed by atoms with Crippen molar-refractivity contribution in [3.8, 4) is 0 Å². The average Bonchev–Trinajstić information content (AvgIpc) is 2.78. The van der Waals surface area contributed by atoms with E-state index in [1.54, 1.807) is 18.2 Å². The molecular formula is C13H14F3N. The standard InChI is InChI=1S/C13H14F3N/c14-13(15,16)12(10-6-2-1-3-7-10)17-11-8-4-5-9-11/h1-3,6-7,11H,4-5,8-9H2. The lowest BCUT2D eigenvalue weighted by atomic mass is 10.1. The van der Waals surface area contributed by atoms with Gasteiger partial charge in [0.2, 0.25) is 0 Å². The second kappa shape index (κ2) is 4.90. The molecule has 0 spiro atoms. The summed E-state index contributed by atoms with van der Waals surface area (Å²) in [6.45, 7) is 0. The molecule has 0 unspecified atom stereocenters. The van der Waals surface area contributed by atoms with Gasteiger partial charge in [-0.3, -0.25) is 4.99 Å². The maximum Gasteiger partial charge on any atom is 0.433 e. The van der Waals surface area contributed by atoms with E-state index in [0.717, 1.165) is 25.7 Å². The molecule has 1 nitrogen and oxygen atoms in total. The maximum absolute atomic E-state index is 12.9. The molecule has 1 aliphatic carbocycles. The number of alkyl halides is 3. The predicted octanol–water partition coefficient (Wildman–Crippen LogP) is 3.98. The minimum Gasteiger partial charge on any atom is -0.277 e. The molecule has 1 aromatic rings. The van der Waals surface area contributed by atoms with Crippen LogP contribution < -0.4 is 0 Å². The smallest absolute Gasteiger partial charge is 0.277 e. The van der Waals surface area contributed by atoms with Crippen molar-refractivity contribution in [1.82, 2.24) is 0 Å². The molecule has 0 aromatic heterocycles. The van der Waals surface area contributed by atoms with Crippen molar-refractivity contribution < 1.29 is 13.2 Å². The Bertz CT molecular complexity index is 389. The Morgan fingerprint density at radius 2 is 1.65 bits per heavy atom. The zero-order valence-electron chi connectivity index (χ0n) is 9.37. The molecule has 0 radical (unpaired) electrons. The van der Waals surface area contributed by atoms with Gasteiger partial charge < -0.3 is 0 Å². The minimum absolute atomic E-state index is 0.159. The van der Waals surface area contributed by atoms with Gasteiger partial charge in [0.05, 0.1) is 6.04 Å². The van der Waals surface area contributed by atoms with Gasteiger partial charge in [-0.05, 0) is 12.8 Å². The van der Waals surface area contributed by atoms with Crippen LogP contribution in [0.25, 0.3) is 0 Å². The first-order valence-electron chi connectivity index (χ1n) is 5.78. The average molecular weight is 241 g/mol. The summed E-state index contributed by atoms with van der Waals surface area (Å²) in [5, 5.41) is 0. The molecule has 0 saturated heterocycles. The molecule has 92 valence electrons. The highest BCUT2D eigenvalue weighted by molar-refractivity contribution is 6.04. The van der Waals surface area contributed by atoms with E-state index in [9.17, 15) is 13.2 Å². The number of nitrogens with zero attached hydrogens (tertiary/aromatic N) is 1. The molecule has 2 rings (SSSR count). The van der Waals surface area contributed by atoms with Crippen LogP contribution in [0.1, 0.15) is 31.2 Å². The summed E-state index contributed by atoms with van der Waals surface area (Å²) in [7, 11) is 0. The van der Waals surface area contributed by atoms with Gasteiger partial charge in [-0.25, -0.2) is 0 Å². The van der Waals surface area contributed by atoms with Gasteiger partial charge in [-0.2, -0.15) is 13.2 Å². The second-order valence-electron chi connectivity index (χ2n) is 4.28. The summed E-state index contributed by atoms with van der Waals surface area (Å²) >= 11 is 0. The molecule has 4 heteroatoms. The number of rotatable bonds is 2. The number of benzene rings is 1. The summed E-state index contributed by atoms with van der Waals surface area (Å²) < 4.78 is 38.8. The Kier molecular flexibility index (Phi) is 3.50. The third kappa shape index (κ3) is 3.08. The van der Waals surface area contributed by atoms with E-state index in [0.29, 0.717) is 0 Å². The van der Waals surface area contributed by atoms with Crippen LogP contribution in [-0.2, 0) is 0 Å². The Hall–Kier alpha value is -1.32. The Morgan fingerprint density at radius 1 is 1.06 bits per heavy atom. The Balaban J connectivity index is 2.32. The number of hydrogen-bond acceptors (Lipinski definition) is 1. The summed E-state index contributed by atoms with van der Waals surface area (Å²) in [4.78, 5) is 3.91. The predicted molar refractivity (Wildman–Crippen MR) is 61.3 cm³/mol. The molecule has 0 amide bonds. The van der Waals surface area contributed by atoms with Gasteiger partial charge >= 0.3 is 6.18 Å². The summed E-state index contributed by atoms with van der Waals surface area (Å²) in [5.74, 6) is 0. The van der Waals surface area contributed by atoms with Crippen LogP contribution in [0.4, 0.5) is 13.2 Å². The Labute approximate surface area is 98.4 Å². The fourth-order valence-electron chi connectivity index (χ4n) is 2.12. The van der Waals surface area contributed by atoms with Crippen molar-refractivity contribution in [3.05, 3.63) is 35.9 Å². The van der Waals surface area contributed by atoms with Crippen LogP contribution >= 0.6 is 0 Å². The molecule has 0 heterocycles. The van der Waals surface area contributed by atoms with Crippen molar-refractivity contribution in [2.45, 2.75) is 37.9 Å². The van der Waals surface area contributed by atoms with Crippen LogP contribution in [-0.4, -0.2) is 17.9 Å². The lowest BCUT2D eigenvalue weighted by Crippen LogP contribution is -2.25. The second-order valence-corrected chi connectivity index (χ2v) is 4.28. The van der Waals surface area contributed by atoms with Crippen molar-refractivity contribution in [2.24, 2.45) is 4.99 Å². The quantitative estimate of drug-likeness (QED) is 0.694. The third-order valence-electron chi connectivity index (χ3n) is 2.95. The zero-order valence-corrected chi connectivity index (χ0v) is 9.37. The van der Waals surface area contributed by atoms with E-state index in [-0.39, 0.29) is 11.6 Å². The van der Waals surface area contributed by atoms with Gasteiger partial charge in [0.1, 0.15) is 5.71 Å². The van der Waals surface area contributed by atoms with Crippen molar-refractivity contribution >= 4 is 5.71 Å². The van der Waals surface area contributed by atoms with Crippen LogP contribution in [0.2, 0.25) is 0 Å². The molecule has 1 saturated carbocycles. The van der Waals surface area contributed by atoms with Crippen molar-refractivity contribution in [1.29, 1.82) is 0 Å². The largest absolute Gasteiger partial charge is 0.433 e. The number of hydrogen-bond donors (Lipinski definition) is 0. The van der Waals surface area contributed by atoms with Gasteiger partial charge in [0, 0.05) is 5.56 Å². The van der Waals surface area contributed by atoms with Crippen molar-refractivity contribution in [2.75, 3.05) is 0 Å². The highest BCUT2D eigenvalue weighted by atomic mass is 19.4. The first-order valence-corrected chi connectivity index (χ1v) is 5.78. The zero-order chi connectivity index (χ0) is 12.3. The van der Waals surface area contributed by atoms with E-state index >= 15 is 0 Å². The highest BCUT2D eigenvalue weighted by Crippen LogP contribution is 2.27. The van der Waals surface area contributed by atoms with Crippen LogP contribution in [0.5, 0.6) is 0 Å². The third-order valence-corrected chi connectivity index (χ3v) is 2.95. The topological polar surface area (TPSA) is 12.4 Å². The number of aliphatic imine (C=N–C) groups is 1. The minimum atomic E-state index is -4.37. The molecule has 0 atom stereocenters. The Morgan fingerprint density at radius 3 is 2.18 bits per heavy atom. The van der Waals surface area contributed by atoms with Crippen LogP contribution in [0, 0.1) is 0 Å². The normalized spacial score (nSPS) is 18.6. The van der Waals surface area contributed by atoms with E-state index in [2.05, 4.69) is 4.99 Å². The summed E-state index contributed by atoms with van der Waals surface area (Å²) in [6, 6.07) is 7.67. The lowest BCUT2D eigenvalue weighted by molar-refractivity contribution is -0.0584. The van der Waals surface area contributed by atoms with E-state index in [1.807, 2.05) is 0 Å². The molecular weight excluding hydrogens is 227 g/mol. The van der Waals surface area contributed by atoms with E-state index in [4.69, 9.17) is 0 Å². The monoisotopic (exact) mass is 241 g/mol. The van der Waals surface area contributed by atoms with Gasteiger partial charge in [0.15, 0.2) is 0 Å². The lowest BCUT2D eigenvalue weighted by Gasteiger charge is -2.13. The van der Waals surface area contributed by atoms with Crippen LogP contribution in [0.15, 0.2) is 35.3 Å². The van der Waals surface area contributed by atoms with Gasteiger partial charge in [-0.15, -0.1) is 0 Å². The summed E-state index contributed by atoms with van der Waals surface area (Å²) in [6.07, 6.45) is -0.870. The molecule has 0 bridgehead atoms. The molecule has 1 fully saturated rings. The fourth-order valence-corrected chi connectivity index (χ4v) is 2.12. The molecule has 1 aliphatic rings. The highest BCUT2D eigenvalue weighted by Gasteiger charge is 2.37. The van der Waals surface area contributed by atoms with Crippen LogP contribution in [0.3, 0.4) is 0 Å². The molecule has 0 N–H and O–H groups in total. The molecule has 1 aromatic carbocycles. The molecule has 17 heavy (non-hydrogen) atoms. The first kappa shape index (κ1) is 12.1. The number of halogens is 3. The van der Waals surface area contributed by atoms with E-state index < -0.39 is 11.9 Å². The maximum atomic E-state index is 12.9. The molecule has 0 aliphatic heterocycles. The van der Waals surface area contributed by atoms with Crippen molar-refractivity contribution in [3.63, 3.8) is 0 Å². The summed E-state index contributed by atoms with van der Waals surface area (Å²) in [5.41, 5.74) is -0.572. The van der Waals surface area contributed by atoms with Gasteiger partial charge in [-0.1, -0.05) is 43.2 Å².